The summed E-state index contributed by atoms with van der Waals surface area (Å²) in [7, 11) is 0. The highest BCUT2D eigenvalue weighted by atomic mass is 79.9. The summed E-state index contributed by atoms with van der Waals surface area (Å²) in [6.07, 6.45) is -2.50. The van der Waals surface area contributed by atoms with E-state index in [1.807, 2.05) is 0 Å². The summed E-state index contributed by atoms with van der Waals surface area (Å²) in [6, 6.07) is 6.85. The molecule has 0 aliphatic heterocycles. The molecular formula is C14H15BrF3NO. The predicted octanol–water partition coefficient (Wildman–Crippen LogP) is 4.05. The molecule has 2 rings (SSSR count). The first kappa shape index (κ1) is 15.5. The fraction of sp³-hybridized carbons (Fsp3) is 0.500. The van der Waals surface area contributed by atoms with Gasteiger partial charge in [0.15, 0.2) is 5.78 Å². The maximum atomic E-state index is 12.5. The molecule has 1 saturated carbocycles. The average molecular weight is 350 g/mol. The number of hydrogen-bond donors (Lipinski definition) is 0. The third-order valence-electron chi connectivity index (χ3n) is 3.24. The fourth-order valence-corrected chi connectivity index (χ4v) is 2.35. The van der Waals surface area contributed by atoms with Gasteiger partial charge < -0.3 is 0 Å². The second-order valence-electron chi connectivity index (χ2n) is 5.00. The molecule has 0 radical (unpaired) electrons. The summed E-state index contributed by atoms with van der Waals surface area (Å²) < 4.78 is 38.2. The molecule has 1 aromatic carbocycles. The number of alkyl halides is 3. The SMILES string of the molecule is O=C(CCN(CC(F)(F)F)C1CC1)c1ccc(Br)cc1. The molecular weight excluding hydrogens is 335 g/mol. The Morgan fingerprint density at radius 2 is 1.85 bits per heavy atom. The Hall–Kier alpha value is -0.880. The minimum Gasteiger partial charge on any atom is -0.294 e. The number of rotatable bonds is 6. The van der Waals surface area contributed by atoms with Crippen molar-refractivity contribution in [3.8, 4) is 0 Å². The first-order valence-corrected chi connectivity index (χ1v) is 7.24. The van der Waals surface area contributed by atoms with Crippen LogP contribution in [0.25, 0.3) is 0 Å². The zero-order valence-corrected chi connectivity index (χ0v) is 12.4. The van der Waals surface area contributed by atoms with Crippen LogP contribution in [0.1, 0.15) is 29.6 Å². The van der Waals surface area contributed by atoms with Crippen molar-refractivity contribution in [1.82, 2.24) is 4.90 Å². The second kappa shape index (κ2) is 6.26. The van der Waals surface area contributed by atoms with Crippen LogP contribution in [0.15, 0.2) is 28.7 Å². The van der Waals surface area contributed by atoms with E-state index in [9.17, 15) is 18.0 Å². The Morgan fingerprint density at radius 3 is 2.35 bits per heavy atom. The number of carbonyl (C=O) groups is 1. The first-order valence-electron chi connectivity index (χ1n) is 6.45. The van der Waals surface area contributed by atoms with Crippen molar-refractivity contribution in [2.24, 2.45) is 0 Å². The smallest absolute Gasteiger partial charge is 0.294 e. The Bertz CT molecular complexity index is 468. The number of halogens is 4. The molecule has 0 aromatic heterocycles. The van der Waals surface area contributed by atoms with Crippen LogP contribution in [0.2, 0.25) is 0 Å². The van der Waals surface area contributed by atoms with E-state index in [0.29, 0.717) is 5.56 Å². The lowest BCUT2D eigenvalue weighted by atomic mass is 10.1. The minimum atomic E-state index is -4.21. The number of ketones is 1. The van der Waals surface area contributed by atoms with Gasteiger partial charge in [-0.15, -0.1) is 0 Å². The summed E-state index contributed by atoms with van der Waals surface area (Å²) in [6.45, 7) is -0.760. The van der Waals surface area contributed by atoms with Gasteiger partial charge in [0.05, 0.1) is 6.54 Å². The van der Waals surface area contributed by atoms with E-state index in [0.717, 1.165) is 17.3 Å². The number of Topliss-reactive ketones (excluding diaryl/α,β-unsaturated/α-hetero) is 1. The van der Waals surface area contributed by atoms with Crippen molar-refractivity contribution in [2.45, 2.75) is 31.5 Å². The van der Waals surface area contributed by atoms with Gasteiger partial charge in [-0.3, -0.25) is 9.69 Å². The lowest BCUT2D eigenvalue weighted by molar-refractivity contribution is -0.147. The van der Waals surface area contributed by atoms with Gasteiger partial charge in [-0.2, -0.15) is 13.2 Å². The highest BCUT2D eigenvalue weighted by molar-refractivity contribution is 9.10. The molecule has 0 heterocycles. The van der Waals surface area contributed by atoms with Crippen LogP contribution in [-0.2, 0) is 0 Å². The third kappa shape index (κ3) is 4.90. The van der Waals surface area contributed by atoms with Crippen molar-refractivity contribution in [3.63, 3.8) is 0 Å². The first-order chi connectivity index (χ1) is 9.35. The molecule has 20 heavy (non-hydrogen) atoms. The Morgan fingerprint density at radius 1 is 1.25 bits per heavy atom. The predicted molar refractivity (Wildman–Crippen MR) is 73.7 cm³/mol. The van der Waals surface area contributed by atoms with Gasteiger partial charge in [-0.05, 0) is 25.0 Å². The fourth-order valence-electron chi connectivity index (χ4n) is 2.09. The van der Waals surface area contributed by atoms with Crippen molar-refractivity contribution >= 4 is 21.7 Å². The van der Waals surface area contributed by atoms with E-state index in [1.165, 1.54) is 4.90 Å². The largest absolute Gasteiger partial charge is 0.401 e. The van der Waals surface area contributed by atoms with Gasteiger partial charge in [0, 0.05) is 29.0 Å². The van der Waals surface area contributed by atoms with E-state index in [1.54, 1.807) is 24.3 Å². The lowest BCUT2D eigenvalue weighted by Gasteiger charge is -2.22. The Balaban J connectivity index is 1.89. The minimum absolute atomic E-state index is 0.00524. The quantitative estimate of drug-likeness (QED) is 0.722. The topological polar surface area (TPSA) is 20.3 Å². The molecule has 0 spiro atoms. The number of nitrogens with zero attached hydrogens (tertiary/aromatic N) is 1. The van der Waals surface area contributed by atoms with Crippen molar-refractivity contribution in [2.75, 3.05) is 13.1 Å². The summed E-state index contributed by atoms with van der Waals surface area (Å²) in [5.41, 5.74) is 0.538. The summed E-state index contributed by atoms with van der Waals surface area (Å²) in [5, 5.41) is 0. The normalized spacial score (nSPS) is 15.7. The molecule has 2 nitrogen and oxygen atoms in total. The molecule has 0 unspecified atom stereocenters. The maximum Gasteiger partial charge on any atom is 0.401 e. The van der Waals surface area contributed by atoms with E-state index in [-0.39, 0.29) is 24.8 Å². The van der Waals surface area contributed by atoms with Crippen molar-refractivity contribution < 1.29 is 18.0 Å². The molecule has 1 aromatic rings. The molecule has 0 bridgehead atoms. The summed E-state index contributed by atoms with van der Waals surface area (Å²) in [5.74, 6) is -0.120. The average Bonchev–Trinajstić information content (AvgIpc) is 3.17. The number of carbonyl (C=O) groups excluding carboxylic acids is 1. The highest BCUT2D eigenvalue weighted by Gasteiger charge is 2.37. The van der Waals surface area contributed by atoms with Gasteiger partial charge in [0.2, 0.25) is 0 Å². The van der Waals surface area contributed by atoms with Gasteiger partial charge >= 0.3 is 6.18 Å². The zero-order valence-electron chi connectivity index (χ0n) is 10.8. The Kier molecular flexibility index (Phi) is 4.86. The van der Waals surface area contributed by atoms with Crippen LogP contribution < -0.4 is 0 Å². The van der Waals surface area contributed by atoms with Gasteiger partial charge in [-0.25, -0.2) is 0 Å². The summed E-state index contributed by atoms with van der Waals surface area (Å²) in [4.78, 5) is 13.3. The van der Waals surface area contributed by atoms with Crippen LogP contribution in [0.3, 0.4) is 0 Å². The Labute approximate surface area is 124 Å². The molecule has 0 atom stereocenters. The van der Waals surface area contributed by atoms with Gasteiger partial charge in [0.25, 0.3) is 0 Å². The van der Waals surface area contributed by atoms with E-state index < -0.39 is 12.7 Å². The number of hydrogen-bond acceptors (Lipinski definition) is 2. The van der Waals surface area contributed by atoms with Crippen LogP contribution >= 0.6 is 15.9 Å². The van der Waals surface area contributed by atoms with Crippen molar-refractivity contribution in [3.05, 3.63) is 34.3 Å². The van der Waals surface area contributed by atoms with Crippen LogP contribution in [0.5, 0.6) is 0 Å². The summed E-state index contributed by atoms with van der Waals surface area (Å²) >= 11 is 3.27. The third-order valence-corrected chi connectivity index (χ3v) is 3.77. The monoisotopic (exact) mass is 349 g/mol. The standard InChI is InChI=1S/C14H15BrF3NO/c15-11-3-1-10(2-4-11)13(20)7-8-19(12-5-6-12)9-14(16,17)18/h1-4,12H,5-9H2. The lowest BCUT2D eigenvalue weighted by Crippen LogP contribution is -2.37. The molecule has 110 valence electrons. The highest BCUT2D eigenvalue weighted by Crippen LogP contribution is 2.30. The second-order valence-corrected chi connectivity index (χ2v) is 5.91. The van der Waals surface area contributed by atoms with Crippen molar-refractivity contribution in [1.29, 1.82) is 0 Å². The molecule has 0 amide bonds. The molecule has 0 saturated heterocycles. The number of benzene rings is 1. The molecule has 1 aliphatic carbocycles. The molecule has 1 aliphatic rings. The van der Waals surface area contributed by atoms with E-state index in [4.69, 9.17) is 0 Å². The maximum absolute atomic E-state index is 12.5. The van der Waals surface area contributed by atoms with Crippen LogP contribution in [0.4, 0.5) is 13.2 Å². The zero-order chi connectivity index (χ0) is 14.8. The van der Waals surface area contributed by atoms with E-state index in [2.05, 4.69) is 15.9 Å². The van der Waals surface area contributed by atoms with Gasteiger partial charge in [0.1, 0.15) is 0 Å². The van der Waals surface area contributed by atoms with Gasteiger partial charge in [-0.1, -0.05) is 28.1 Å². The van der Waals surface area contributed by atoms with Crippen LogP contribution in [-0.4, -0.2) is 36.0 Å². The van der Waals surface area contributed by atoms with E-state index >= 15 is 0 Å². The van der Waals surface area contributed by atoms with Crippen LogP contribution in [0, 0.1) is 0 Å². The molecule has 1 fully saturated rings. The molecule has 0 N–H and O–H groups in total. The molecule has 6 heteroatoms.